The lowest BCUT2D eigenvalue weighted by atomic mass is 9.95. The molecule has 0 aliphatic heterocycles. The molecule has 1 aromatic carbocycles. The minimum absolute atomic E-state index is 0.0986. The predicted octanol–water partition coefficient (Wildman–Crippen LogP) is 2.34. The number of aromatic hydroxyl groups is 1. The second-order valence-corrected chi connectivity index (χ2v) is 4.50. The van der Waals surface area contributed by atoms with E-state index in [0.29, 0.717) is 11.3 Å². The van der Waals surface area contributed by atoms with Crippen LogP contribution in [0.4, 0.5) is 0 Å². The Kier molecular flexibility index (Phi) is 2.68. The Morgan fingerprint density at radius 1 is 1.41 bits per heavy atom. The zero-order valence-corrected chi connectivity index (χ0v) is 10.2. The van der Waals surface area contributed by atoms with E-state index in [9.17, 15) is 9.90 Å². The molecule has 0 amide bonds. The highest BCUT2D eigenvalue weighted by atomic mass is 16.5. The number of rotatable bonds is 3. The molecule has 1 aliphatic carbocycles. The first-order valence-electron chi connectivity index (χ1n) is 5.52. The van der Waals surface area contributed by atoms with Gasteiger partial charge in [0.1, 0.15) is 5.54 Å². The van der Waals surface area contributed by atoms with Gasteiger partial charge in [-0.1, -0.05) is 6.07 Å². The molecule has 0 aromatic heterocycles. The summed E-state index contributed by atoms with van der Waals surface area (Å²) in [6, 6.07) is 1.94. The lowest BCUT2D eigenvalue weighted by molar-refractivity contribution is 0.365. The van der Waals surface area contributed by atoms with Crippen molar-refractivity contribution in [3.8, 4) is 11.5 Å². The Balaban J connectivity index is 2.66. The first-order valence-corrected chi connectivity index (χ1v) is 5.52. The third-order valence-electron chi connectivity index (χ3n) is 3.29. The van der Waals surface area contributed by atoms with Gasteiger partial charge in [-0.2, -0.15) is 4.99 Å². The molecule has 0 atom stereocenters. The molecule has 1 fully saturated rings. The van der Waals surface area contributed by atoms with E-state index in [1.54, 1.807) is 6.08 Å². The van der Waals surface area contributed by atoms with E-state index in [4.69, 9.17) is 4.74 Å². The van der Waals surface area contributed by atoms with Crippen molar-refractivity contribution in [3.05, 3.63) is 22.8 Å². The number of carbonyl (C=O) groups excluding carboxylic acids is 1. The second kappa shape index (κ2) is 3.90. The highest BCUT2D eigenvalue weighted by Gasteiger charge is 2.48. The zero-order chi connectivity index (χ0) is 12.6. The van der Waals surface area contributed by atoms with Crippen molar-refractivity contribution in [2.24, 2.45) is 4.99 Å². The van der Waals surface area contributed by atoms with Gasteiger partial charge in [0.05, 0.1) is 7.11 Å². The monoisotopic (exact) mass is 233 g/mol. The number of aryl methyl sites for hydroxylation is 2. The molecular weight excluding hydrogens is 218 g/mol. The van der Waals surface area contributed by atoms with Gasteiger partial charge in [0.2, 0.25) is 6.08 Å². The largest absolute Gasteiger partial charge is 0.504 e. The number of isocyanates is 1. The van der Waals surface area contributed by atoms with E-state index >= 15 is 0 Å². The van der Waals surface area contributed by atoms with Crippen LogP contribution in [-0.2, 0) is 10.3 Å². The fraction of sp³-hybridized carbons (Fsp3) is 0.462. The van der Waals surface area contributed by atoms with Crippen LogP contribution >= 0.6 is 0 Å². The molecule has 0 radical (unpaired) electrons. The van der Waals surface area contributed by atoms with Crippen LogP contribution in [0.5, 0.6) is 11.5 Å². The molecule has 1 N–H and O–H groups in total. The van der Waals surface area contributed by atoms with Crippen LogP contribution in [0.1, 0.15) is 29.5 Å². The molecule has 4 heteroatoms. The molecule has 1 aromatic rings. The maximum atomic E-state index is 10.5. The van der Waals surface area contributed by atoms with Crippen molar-refractivity contribution >= 4 is 6.08 Å². The van der Waals surface area contributed by atoms with Gasteiger partial charge in [-0.05, 0) is 37.8 Å². The van der Waals surface area contributed by atoms with Crippen molar-refractivity contribution in [3.63, 3.8) is 0 Å². The van der Waals surface area contributed by atoms with Crippen LogP contribution in [0, 0.1) is 13.8 Å². The molecular formula is C13H15NO3. The Bertz CT molecular complexity index is 512. The molecule has 17 heavy (non-hydrogen) atoms. The Morgan fingerprint density at radius 2 is 2.06 bits per heavy atom. The minimum atomic E-state index is -0.573. The van der Waals surface area contributed by atoms with Gasteiger partial charge in [-0.15, -0.1) is 0 Å². The van der Waals surface area contributed by atoms with Crippen LogP contribution in [-0.4, -0.2) is 18.3 Å². The summed E-state index contributed by atoms with van der Waals surface area (Å²) in [6.45, 7) is 3.78. The molecule has 2 rings (SSSR count). The molecule has 0 saturated heterocycles. The molecule has 0 bridgehead atoms. The van der Waals surface area contributed by atoms with Crippen molar-refractivity contribution in [2.45, 2.75) is 32.2 Å². The second-order valence-electron chi connectivity index (χ2n) is 4.50. The van der Waals surface area contributed by atoms with E-state index in [-0.39, 0.29) is 5.75 Å². The van der Waals surface area contributed by atoms with Gasteiger partial charge in [0.25, 0.3) is 0 Å². The fourth-order valence-corrected chi connectivity index (χ4v) is 2.42. The fourth-order valence-electron chi connectivity index (χ4n) is 2.42. The highest BCUT2D eigenvalue weighted by molar-refractivity contribution is 5.59. The SMILES string of the molecule is COc1c(C)cc(C)c(C2(N=C=O)CC2)c1O. The summed E-state index contributed by atoms with van der Waals surface area (Å²) in [5.74, 6) is 0.555. The van der Waals surface area contributed by atoms with Crippen LogP contribution in [0.25, 0.3) is 0 Å². The summed E-state index contributed by atoms with van der Waals surface area (Å²) in [6.07, 6.45) is 3.13. The van der Waals surface area contributed by atoms with Gasteiger partial charge < -0.3 is 9.84 Å². The standard InChI is InChI=1S/C13H15NO3/c1-8-6-9(2)12(17-3)11(16)10(8)13(4-5-13)14-7-15/h6,16H,4-5H2,1-3H3. The Hall–Kier alpha value is -1.80. The van der Waals surface area contributed by atoms with Gasteiger partial charge in [-0.3, -0.25) is 0 Å². The number of nitrogens with zero attached hydrogens (tertiary/aromatic N) is 1. The summed E-state index contributed by atoms with van der Waals surface area (Å²) in [7, 11) is 1.52. The third kappa shape index (κ3) is 1.71. The predicted molar refractivity (Wildman–Crippen MR) is 63.2 cm³/mol. The Labute approximate surface area is 99.9 Å². The minimum Gasteiger partial charge on any atom is -0.504 e. The summed E-state index contributed by atoms with van der Waals surface area (Å²) in [5, 5.41) is 10.2. The highest BCUT2D eigenvalue weighted by Crippen LogP contribution is 2.55. The van der Waals surface area contributed by atoms with Crippen molar-refractivity contribution < 1.29 is 14.6 Å². The maximum absolute atomic E-state index is 10.5. The maximum Gasteiger partial charge on any atom is 0.235 e. The van der Waals surface area contributed by atoms with Crippen molar-refractivity contribution in [2.75, 3.05) is 7.11 Å². The first kappa shape index (κ1) is 11.7. The molecule has 0 unspecified atom stereocenters. The molecule has 0 heterocycles. The molecule has 1 saturated carbocycles. The van der Waals surface area contributed by atoms with E-state index in [1.165, 1.54) is 7.11 Å². The number of hydrogen-bond donors (Lipinski definition) is 1. The summed E-state index contributed by atoms with van der Waals surface area (Å²) in [5.41, 5.74) is 1.93. The van der Waals surface area contributed by atoms with Crippen LogP contribution in [0.15, 0.2) is 11.1 Å². The molecule has 0 spiro atoms. The van der Waals surface area contributed by atoms with Crippen LogP contribution < -0.4 is 4.74 Å². The van der Waals surface area contributed by atoms with Crippen molar-refractivity contribution in [1.29, 1.82) is 0 Å². The van der Waals surface area contributed by atoms with Crippen LogP contribution in [0.3, 0.4) is 0 Å². The van der Waals surface area contributed by atoms with Crippen LogP contribution in [0.2, 0.25) is 0 Å². The molecule has 4 nitrogen and oxygen atoms in total. The van der Waals surface area contributed by atoms with Gasteiger partial charge in [-0.25, -0.2) is 4.79 Å². The number of phenols is 1. The number of benzene rings is 1. The smallest absolute Gasteiger partial charge is 0.235 e. The normalized spacial score (nSPS) is 16.2. The first-order chi connectivity index (χ1) is 8.05. The number of aliphatic imine (C=N–C) groups is 1. The average Bonchev–Trinajstić information content (AvgIpc) is 2.98. The van der Waals surface area contributed by atoms with Gasteiger partial charge in [0, 0.05) is 5.56 Å². The van der Waals surface area contributed by atoms with E-state index in [1.807, 2.05) is 19.9 Å². The number of phenolic OH excluding ortho intramolecular Hbond substituents is 1. The van der Waals surface area contributed by atoms with E-state index < -0.39 is 5.54 Å². The molecule has 90 valence electrons. The summed E-state index contributed by atoms with van der Waals surface area (Å²) in [4.78, 5) is 14.3. The third-order valence-corrected chi connectivity index (χ3v) is 3.29. The summed E-state index contributed by atoms with van der Waals surface area (Å²) < 4.78 is 5.18. The zero-order valence-electron chi connectivity index (χ0n) is 10.2. The number of ether oxygens (including phenoxy) is 1. The van der Waals surface area contributed by atoms with Gasteiger partial charge >= 0.3 is 0 Å². The number of methoxy groups -OCH3 is 1. The van der Waals surface area contributed by atoms with Gasteiger partial charge in [0.15, 0.2) is 11.5 Å². The Morgan fingerprint density at radius 3 is 2.53 bits per heavy atom. The molecule has 1 aliphatic rings. The van der Waals surface area contributed by atoms with E-state index in [2.05, 4.69) is 4.99 Å². The van der Waals surface area contributed by atoms with Crippen molar-refractivity contribution in [1.82, 2.24) is 0 Å². The lowest BCUT2D eigenvalue weighted by Crippen LogP contribution is -2.07. The lowest BCUT2D eigenvalue weighted by Gasteiger charge is -2.18. The average molecular weight is 233 g/mol. The number of hydrogen-bond acceptors (Lipinski definition) is 4. The summed E-state index contributed by atoms with van der Waals surface area (Å²) >= 11 is 0. The van der Waals surface area contributed by atoms with E-state index in [0.717, 1.165) is 24.0 Å². The quantitative estimate of drug-likeness (QED) is 0.644. The topological polar surface area (TPSA) is 58.9 Å².